The number of nitrogens with zero attached hydrogens (tertiary/aromatic N) is 4. The summed E-state index contributed by atoms with van der Waals surface area (Å²) in [5.41, 5.74) is 9.19. The summed E-state index contributed by atoms with van der Waals surface area (Å²) >= 11 is 0. The van der Waals surface area contributed by atoms with Crippen molar-refractivity contribution in [3.05, 3.63) is 41.2 Å². The van der Waals surface area contributed by atoms with E-state index in [-0.39, 0.29) is 6.03 Å². The number of rotatable bonds is 4. The highest BCUT2D eigenvalue weighted by molar-refractivity contribution is 6.09. The van der Waals surface area contributed by atoms with E-state index in [1.54, 1.807) is 6.92 Å². The first kappa shape index (κ1) is 21.7. The third-order valence-electron chi connectivity index (χ3n) is 7.06. The second-order valence-corrected chi connectivity index (χ2v) is 9.90. The first-order valence-corrected chi connectivity index (χ1v) is 11.9. The summed E-state index contributed by atoms with van der Waals surface area (Å²) in [5.74, 6) is 2.52. The molecule has 2 amide bonds. The van der Waals surface area contributed by atoms with Crippen molar-refractivity contribution in [1.29, 1.82) is 0 Å². The highest BCUT2D eigenvalue weighted by Crippen LogP contribution is 2.40. The summed E-state index contributed by atoms with van der Waals surface area (Å²) < 4.78 is 6.17. The number of carbonyl (C=O) groups is 1. The Morgan fingerprint density at radius 3 is 2.55 bits per heavy atom. The summed E-state index contributed by atoms with van der Waals surface area (Å²) in [7, 11) is 0. The van der Waals surface area contributed by atoms with Gasteiger partial charge in [0.05, 0.1) is 5.71 Å². The van der Waals surface area contributed by atoms with Crippen LogP contribution in [0.4, 0.5) is 16.3 Å². The van der Waals surface area contributed by atoms with Crippen molar-refractivity contribution in [3.63, 3.8) is 0 Å². The Bertz CT molecular complexity index is 1090. The highest BCUT2D eigenvalue weighted by atomic mass is 16.5. The number of nitrogens with two attached hydrogens (primary N) is 1. The largest absolute Gasteiger partial charge is 0.463 e. The molecular weight excluding hydrogens is 416 g/mol. The monoisotopic (exact) mass is 448 g/mol. The number of aromatic nitrogens is 2. The number of benzene rings is 1. The van der Waals surface area contributed by atoms with Gasteiger partial charge < -0.3 is 20.7 Å². The number of ether oxygens (including phenoxy) is 1. The number of carbonyl (C=O) groups excluding carboxylic acids is 1. The van der Waals surface area contributed by atoms with Crippen LogP contribution in [0, 0.1) is 12.8 Å². The Morgan fingerprint density at radius 2 is 1.88 bits per heavy atom. The molecule has 1 aliphatic carbocycles. The molecular formula is C25H32N6O2. The number of aryl methyl sites for hydroxylation is 1. The van der Waals surface area contributed by atoms with Gasteiger partial charge in [0.25, 0.3) is 0 Å². The Labute approximate surface area is 194 Å². The van der Waals surface area contributed by atoms with Crippen LogP contribution < -0.4 is 15.8 Å². The molecule has 0 radical (unpaired) electrons. The minimum absolute atomic E-state index is 0.0938. The molecule has 3 N–H and O–H groups in total. The highest BCUT2D eigenvalue weighted by Gasteiger charge is 2.35. The van der Waals surface area contributed by atoms with Crippen LogP contribution in [0.2, 0.25) is 0 Å². The molecule has 0 spiro atoms. The minimum Gasteiger partial charge on any atom is -0.463 e. The topological polar surface area (TPSA) is 106 Å². The van der Waals surface area contributed by atoms with Crippen molar-refractivity contribution in [2.45, 2.75) is 58.0 Å². The smallest absolute Gasteiger partial charge is 0.317 e. The van der Waals surface area contributed by atoms with Crippen molar-refractivity contribution in [1.82, 2.24) is 20.2 Å². The van der Waals surface area contributed by atoms with Crippen LogP contribution in [0.25, 0.3) is 0 Å². The number of anilines is 1. The van der Waals surface area contributed by atoms with E-state index in [9.17, 15) is 4.79 Å². The van der Waals surface area contributed by atoms with E-state index < -0.39 is 5.60 Å². The predicted octanol–water partition coefficient (Wildman–Crippen LogP) is 3.96. The fourth-order valence-electron chi connectivity index (χ4n) is 5.28. The molecule has 8 nitrogen and oxygen atoms in total. The van der Waals surface area contributed by atoms with Crippen molar-refractivity contribution in [3.8, 4) is 5.88 Å². The summed E-state index contributed by atoms with van der Waals surface area (Å²) in [4.78, 5) is 27.2. The number of amides is 2. The lowest BCUT2D eigenvalue weighted by molar-refractivity contribution is 0.171. The van der Waals surface area contributed by atoms with Crippen LogP contribution in [0.15, 0.2) is 29.3 Å². The van der Waals surface area contributed by atoms with Gasteiger partial charge in [-0.05, 0) is 63.9 Å². The Balaban J connectivity index is 1.29. The van der Waals surface area contributed by atoms with E-state index in [0.29, 0.717) is 35.0 Å². The van der Waals surface area contributed by atoms with Gasteiger partial charge in [-0.2, -0.15) is 4.98 Å². The van der Waals surface area contributed by atoms with Gasteiger partial charge in [0.1, 0.15) is 11.4 Å². The van der Waals surface area contributed by atoms with E-state index in [1.165, 1.54) is 18.4 Å². The van der Waals surface area contributed by atoms with Gasteiger partial charge in [-0.1, -0.05) is 24.3 Å². The van der Waals surface area contributed by atoms with E-state index in [4.69, 9.17) is 15.5 Å². The Hall–Kier alpha value is -3.16. The number of nitrogens with one attached hydrogen (secondary N) is 1. The number of aliphatic imine (C=N–C) groups is 1. The molecule has 2 fully saturated rings. The summed E-state index contributed by atoms with van der Waals surface area (Å²) in [5, 5.41) is 2.90. The normalized spacial score (nSPS) is 24.0. The van der Waals surface area contributed by atoms with Gasteiger partial charge in [-0.25, -0.2) is 14.8 Å². The first-order chi connectivity index (χ1) is 15.8. The SMILES string of the molecule is Cc1nc(N)c2c(n1)OC(C)(C)C(c1ccc([C@H]3CC[C@H](CN4CCNC4=O)CC3)cc1)=N2. The molecule has 8 heteroatoms. The molecule has 0 unspecified atom stereocenters. The number of fused-ring (bicyclic) bond motifs is 1. The Morgan fingerprint density at radius 1 is 1.15 bits per heavy atom. The van der Waals surface area contributed by atoms with E-state index >= 15 is 0 Å². The lowest BCUT2D eigenvalue weighted by Gasteiger charge is -2.33. The zero-order chi connectivity index (χ0) is 23.2. The van der Waals surface area contributed by atoms with E-state index in [0.717, 1.165) is 43.8 Å². The molecule has 2 aliphatic heterocycles. The maximum absolute atomic E-state index is 11.8. The molecule has 3 heterocycles. The lowest BCUT2D eigenvalue weighted by Crippen LogP contribution is -2.41. The number of urea groups is 1. The minimum atomic E-state index is -0.623. The quantitative estimate of drug-likeness (QED) is 0.736. The van der Waals surface area contributed by atoms with Gasteiger partial charge in [-0.3, -0.25) is 0 Å². The van der Waals surface area contributed by atoms with Crippen molar-refractivity contribution >= 4 is 23.2 Å². The fraction of sp³-hybridized carbons (Fsp3) is 0.520. The first-order valence-electron chi connectivity index (χ1n) is 11.9. The van der Waals surface area contributed by atoms with Gasteiger partial charge in [0.2, 0.25) is 5.88 Å². The molecule has 174 valence electrons. The molecule has 0 bridgehead atoms. The maximum Gasteiger partial charge on any atom is 0.317 e. The third kappa shape index (κ3) is 4.26. The van der Waals surface area contributed by atoms with Gasteiger partial charge in [-0.15, -0.1) is 0 Å². The number of hydrogen-bond acceptors (Lipinski definition) is 6. The molecule has 33 heavy (non-hydrogen) atoms. The molecule has 1 aromatic heterocycles. The lowest BCUT2D eigenvalue weighted by atomic mass is 9.78. The van der Waals surface area contributed by atoms with Gasteiger partial charge in [0.15, 0.2) is 11.5 Å². The van der Waals surface area contributed by atoms with Crippen LogP contribution in [0.1, 0.15) is 62.4 Å². The average Bonchev–Trinajstić information content (AvgIpc) is 3.17. The van der Waals surface area contributed by atoms with Crippen LogP contribution >= 0.6 is 0 Å². The second-order valence-electron chi connectivity index (χ2n) is 9.90. The molecule has 1 aromatic carbocycles. The predicted molar refractivity (Wildman–Crippen MR) is 128 cm³/mol. The third-order valence-corrected chi connectivity index (χ3v) is 7.06. The molecule has 5 rings (SSSR count). The van der Waals surface area contributed by atoms with Crippen LogP contribution in [0.3, 0.4) is 0 Å². The standard InChI is InChI=1S/C25H32N6O2/c1-15-28-22(26)20-23(29-15)33-25(2,3)21(30-20)19-10-8-18(9-11-19)17-6-4-16(5-7-17)14-31-13-12-27-24(31)32/h8-11,16-17H,4-7,12-14H2,1-3H3,(H,27,32)(H2,26,28,29)/t16-,17-. The van der Waals surface area contributed by atoms with E-state index in [2.05, 4.69) is 39.6 Å². The van der Waals surface area contributed by atoms with Crippen molar-refractivity contribution in [2.24, 2.45) is 10.9 Å². The van der Waals surface area contributed by atoms with Crippen LogP contribution in [0.5, 0.6) is 5.88 Å². The van der Waals surface area contributed by atoms with Gasteiger partial charge in [0, 0.05) is 25.2 Å². The average molecular weight is 449 g/mol. The van der Waals surface area contributed by atoms with Crippen LogP contribution in [-0.4, -0.2) is 51.8 Å². The number of hydrogen-bond donors (Lipinski definition) is 2. The molecule has 0 atom stereocenters. The van der Waals surface area contributed by atoms with E-state index in [1.807, 2.05) is 18.7 Å². The molecule has 2 aromatic rings. The summed E-state index contributed by atoms with van der Waals surface area (Å²) in [6, 6.07) is 8.80. The summed E-state index contributed by atoms with van der Waals surface area (Å²) in [6.07, 6.45) is 4.66. The Kier molecular flexibility index (Phi) is 5.46. The number of nitrogen functional groups attached to an aromatic ring is 1. The summed E-state index contributed by atoms with van der Waals surface area (Å²) in [6.45, 7) is 8.29. The molecule has 3 aliphatic rings. The maximum atomic E-state index is 11.8. The van der Waals surface area contributed by atoms with Crippen molar-refractivity contribution in [2.75, 3.05) is 25.4 Å². The molecule has 1 saturated heterocycles. The van der Waals surface area contributed by atoms with Gasteiger partial charge >= 0.3 is 6.03 Å². The van der Waals surface area contributed by atoms with Crippen LogP contribution in [-0.2, 0) is 0 Å². The van der Waals surface area contributed by atoms with Crippen molar-refractivity contribution < 1.29 is 9.53 Å². The molecule has 1 saturated carbocycles. The zero-order valence-electron chi connectivity index (χ0n) is 19.6. The fourth-order valence-corrected chi connectivity index (χ4v) is 5.28. The zero-order valence-corrected chi connectivity index (χ0v) is 19.6. The second kappa shape index (κ2) is 8.32.